The van der Waals surface area contributed by atoms with Gasteiger partial charge in [-0.05, 0) is 33.6 Å². The molecule has 0 aromatic carbocycles. The molecule has 8 heteroatoms. The van der Waals surface area contributed by atoms with Gasteiger partial charge < -0.3 is 23.5 Å². The fraction of sp³-hybridized carbons (Fsp3) is 0.778. The number of carbonyl (C=O) groups excluding carboxylic acids is 1. The Hall–Kier alpha value is -1.54. The molecule has 0 unspecified atom stereocenters. The van der Waals surface area contributed by atoms with Gasteiger partial charge in [-0.3, -0.25) is 0 Å². The number of likely N-dealkylation sites (tertiary alicyclic amines) is 1. The van der Waals surface area contributed by atoms with E-state index >= 15 is 0 Å². The second-order valence-corrected chi connectivity index (χ2v) is 9.06. The Labute approximate surface area is 156 Å². The lowest BCUT2D eigenvalue weighted by atomic mass is 9.80. The van der Waals surface area contributed by atoms with Crippen molar-refractivity contribution in [3.05, 3.63) is 12.5 Å². The molecule has 0 radical (unpaired) electrons. The van der Waals surface area contributed by atoms with Crippen LogP contribution < -0.4 is 5.59 Å². The average Bonchev–Trinajstić information content (AvgIpc) is 3.03. The SMILES string of the molecule is CC1(C)COB(c2cn(C3CCN(C(=O)OC(C)(C)C)CC3)cn2)OC1. The van der Waals surface area contributed by atoms with E-state index in [-0.39, 0.29) is 18.6 Å². The first kappa shape index (κ1) is 19.2. The van der Waals surface area contributed by atoms with E-state index in [4.69, 9.17) is 14.0 Å². The van der Waals surface area contributed by atoms with Gasteiger partial charge in [0.05, 0.1) is 11.9 Å². The van der Waals surface area contributed by atoms with Crippen molar-refractivity contribution in [2.45, 2.75) is 59.1 Å². The Bertz CT molecular complexity index is 623. The van der Waals surface area contributed by atoms with Crippen LogP contribution >= 0.6 is 0 Å². The van der Waals surface area contributed by atoms with Crippen LogP contribution in [0.3, 0.4) is 0 Å². The molecule has 1 aromatic heterocycles. The zero-order valence-electron chi connectivity index (χ0n) is 16.5. The molecule has 2 aliphatic heterocycles. The first-order valence-corrected chi connectivity index (χ1v) is 9.37. The second kappa shape index (κ2) is 7.23. The lowest BCUT2D eigenvalue weighted by molar-refractivity contribution is 0.0188. The molecule has 3 heterocycles. The molecule has 7 nitrogen and oxygen atoms in total. The monoisotopic (exact) mass is 363 g/mol. The number of ether oxygens (including phenoxy) is 1. The minimum absolute atomic E-state index is 0.0492. The van der Waals surface area contributed by atoms with Crippen molar-refractivity contribution < 1.29 is 18.8 Å². The predicted molar refractivity (Wildman–Crippen MR) is 99.4 cm³/mol. The quantitative estimate of drug-likeness (QED) is 0.754. The van der Waals surface area contributed by atoms with Crippen molar-refractivity contribution in [3.63, 3.8) is 0 Å². The Kier molecular flexibility index (Phi) is 5.35. The van der Waals surface area contributed by atoms with Crippen LogP contribution in [0.1, 0.15) is 53.5 Å². The smallest absolute Gasteiger partial charge is 0.444 e. The molecule has 0 N–H and O–H groups in total. The maximum Gasteiger partial charge on any atom is 0.515 e. The van der Waals surface area contributed by atoms with Crippen molar-refractivity contribution in [3.8, 4) is 0 Å². The molecule has 2 saturated heterocycles. The summed E-state index contributed by atoms with van der Waals surface area (Å²) in [7, 11) is -0.383. The van der Waals surface area contributed by atoms with Crippen molar-refractivity contribution in [1.82, 2.24) is 14.5 Å². The number of carbonyl (C=O) groups is 1. The van der Waals surface area contributed by atoms with Crippen LogP contribution in [0.15, 0.2) is 12.5 Å². The van der Waals surface area contributed by atoms with Gasteiger partial charge in [-0.25, -0.2) is 9.78 Å². The van der Waals surface area contributed by atoms with Crippen molar-refractivity contribution in [2.24, 2.45) is 5.41 Å². The zero-order valence-corrected chi connectivity index (χ0v) is 16.5. The standard InChI is InChI=1S/C18H30BN3O4/c1-17(2,3)26-16(23)21-8-6-14(7-9-21)22-10-15(20-13-22)19-24-11-18(4,5)12-25-19/h10,13-14H,6-9,11-12H2,1-5H3. The molecule has 2 aliphatic rings. The molecule has 1 amide bonds. The zero-order chi connectivity index (χ0) is 18.9. The summed E-state index contributed by atoms with van der Waals surface area (Å²) in [4.78, 5) is 18.4. The van der Waals surface area contributed by atoms with Crippen LogP contribution in [0.25, 0.3) is 0 Å². The molecule has 2 fully saturated rings. The third-order valence-electron chi connectivity index (χ3n) is 4.65. The van der Waals surface area contributed by atoms with Crippen LogP contribution in [0.5, 0.6) is 0 Å². The van der Waals surface area contributed by atoms with Gasteiger partial charge >= 0.3 is 13.2 Å². The van der Waals surface area contributed by atoms with Gasteiger partial charge in [-0.2, -0.15) is 0 Å². The van der Waals surface area contributed by atoms with E-state index in [1.165, 1.54) is 0 Å². The van der Waals surface area contributed by atoms with Gasteiger partial charge in [-0.15, -0.1) is 0 Å². The van der Waals surface area contributed by atoms with E-state index in [2.05, 4.69) is 23.4 Å². The molecular formula is C18H30BN3O4. The highest BCUT2D eigenvalue weighted by Crippen LogP contribution is 2.24. The molecule has 26 heavy (non-hydrogen) atoms. The van der Waals surface area contributed by atoms with Gasteiger partial charge in [0, 0.05) is 44.0 Å². The average molecular weight is 363 g/mol. The molecule has 0 aliphatic carbocycles. The van der Waals surface area contributed by atoms with Crippen molar-refractivity contribution in [1.29, 1.82) is 0 Å². The van der Waals surface area contributed by atoms with E-state index in [9.17, 15) is 4.79 Å². The van der Waals surface area contributed by atoms with Crippen molar-refractivity contribution >= 4 is 18.8 Å². The molecule has 0 saturated carbocycles. The Morgan fingerprint density at radius 1 is 1.27 bits per heavy atom. The van der Waals surface area contributed by atoms with Gasteiger partial charge in [0.2, 0.25) is 0 Å². The lowest BCUT2D eigenvalue weighted by Crippen LogP contribution is -2.48. The topological polar surface area (TPSA) is 65.8 Å². The Morgan fingerprint density at radius 3 is 2.46 bits per heavy atom. The number of imidazole rings is 1. The second-order valence-electron chi connectivity index (χ2n) is 9.06. The molecule has 0 spiro atoms. The minimum Gasteiger partial charge on any atom is -0.444 e. The van der Waals surface area contributed by atoms with Crippen LogP contribution in [0, 0.1) is 5.41 Å². The summed E-state index contributed by atoms with van der Waals surface area (Å²) >= 11 is 0. The third kappa shape index (κ3) is 4.79. The number of nitrogens with zero attached hydrogens (tertiary/aromatic N) is 3. The fourth-order valence-corrected chi connectivity index (χ4v) is 3.21. The minimum atomic E-state index is -0.457. The number of piperidine rings is 1. The van der Waals surface area contributed by atoms with Gasteiger partial charge in [0.25, 0.3) is 0 Å². The van der Waals surface area contributed by atoms with E-state index in [1.807, 2.05) is 33.3 Å². The summed E-state index contributed by atoms with van der Waals surface area (Å²) in [5.74, 6) is 0. The van der Waals surface area contributed by atoms with E-state index in [1.54, 1.807) is 4.90 Å². The summed E-state index contributed by atoms with van der Waals surface area (Å²) in [6, 6.07) is 0.329. The molecule has 0 atom stereocenters. The maximum absolute atomic E-state index is 12.2. The van der Waals surface area contributed by atoms with Crippen LogP contribution in [0.2, 0.25) is 0 Å². The lowest BCUT2D eigenvalue weighted by Gasteiger charge is -2.34. The first-order valence-electron chi connectivity index (χ1n) is 9.37. The summed E-state index contributed by atoms with van der Waals surface area (Å²) in [5, 5.41) is 0. The Morgan fingerprint density at radius 2 is 1.88 bits per heavy atom. The van der Waals surface area contributed by atoms with E-state index < -0.39 is 5.60 Å². The highest BCUT2D eigenvalue weighted by Gasteiger charge is 2.35. The van der Waals surface area contributed by atoms with Crippen LogP contribution in [0.4, 0.5) is 4.79 Å². The number of rotatable bonds is 2. The van der Waals surface area contributed by atoms with Crippen LogP contribution in [-0.4, -0.2) is 59.6 Å². The highest BCUT2D eigenvalue weighted by atomic mass is 16.6. The third-order valence-corrected chi connectivity index (χ3v) is 4.65. The van der Waals surface area contributed by atoms with Gasteiger partial charge in [-0.1, -0.05) is 13.8 Å². The van der Waals surface area contributed by atoms with Crippen molar-refractivity contribution in [2.75, 3.05) is 26.3 Å². The molecule has 3 rings (SSSR count). The number of aromatic nitrogens is 2. The molecule has 1 aromatic rings. The van der Waals surface area contributed by atoms with E-state index in [0.29, 0.717) is 32.3 Å². The highest BCUT2D eigenvalue weighted by molar-refractivity contribution is 6.60. The van der Waals surface area contributed by atoms with Gasteiger partial charge in [0.1, 0.15) is 5.60 Å². The number of hydrogen-bond donors (Lipinski definition) is 0. The molecule has 0 bridgehead atoms. The van der Waals surface area contributed by atoms with Gasteiger partial charge in [0.15, 0.2) is 0 Å². The van der Waals surface area contributed by atoms with E-state index in [0.717, 1.165) is 18.4 Å². The maximum atomic E-state index is 12.2. The summed E-state index contributed by atoms with van der Waals surface area (Å²) in [6.45, 7) is 12.6. The molecular weight excluding hydrogens is 333 g/mol. The largest absolute Gasteiger partial charge is 0.515 e. The fourth-order valence-electron chi connectivity index (χ4n) is 3.21. The summed E-state index contributed by atoms with van der Waals surface area (Å²) < 4.78 is 19.2. The molecule has 144 valence electrons. The predicted octanol–water partition coefficient (Wildman–Crippen LogP) is 2.22. The summed E-state index contributed by atoms with van der Waals surface area (Å²) in [6.07, 6.45) is 5.39. The normalized spacial score (nSPS) is 21.7. The Balaban J connectivity index is 1.53. The van der Waals surface area contributed by atoms with Crippen LogP contribution in [-0.2, 0) is 14.0 Å². The first-order chi connectivity index (χ1) is 12.1. The number of hydrogen-bond acceptors (Lipinski definition) is 5. The number of amides is 1. The summed E-state index contributed by atoms with van der Waals surface area (Å²) in [5.41, 5.74) is 0.407.